The Labute approximate surface area is 127 Å². The highest BCUT2D eigenvalue weighted by molar-refractivity contribution is 7.17. The number of nitrogens with zero attached hydrogens (tertiary/aromatic N) is 4. The fourth-order valence-electron chi connectivity index (χ4n) is 2.64. The molecule has 2 aromatic heterocycles. The molecule has 21 heavy (non-hydrogen) atoms. The lowest BCUT2D eigenvalue weighted by Crippen LogP contribution is -2.46. The molecule has 0 spiro atoms. The summed E-state index contributed by atoms with van der Waals surface area (Å²) in [6.07, 6.45) is 2.98. The number of amides is 1. The lowest BCUT2D eigenvalue weighted by molar-refractivity contribution is -0.118. The van der Waals surface area contributed by atoms with E-state index in [9.17, 15) is 4.79 Å². The van der Waals surface area contributed by atoms with E-state index >= 15 is 0 Å². The smallest absolute Gasteiger partial charge is 0.228 e. The Bertz CT molecular complexity index is 648. The van der Waals surface area contributed by atoms with Gasteiger partial charge in [0.25, 0.3) is 0 Å². The van der Waals surface area contributed by atoms with Crippen molar-refractivity contribution >= 4 is 39.7 Å². The Morgan fingerprint density at radius 2 is 2.10 bits per heavy atom. The summed E-state index contributed by atoms with van der Waals surface area (Å²) < 4.78 is 0. The van der Waals surface area contributed by atoms with Gasteiger partial charge in [0, 0.05) is 26.2 Å². The molecule has 7 heteroatoms. The summed E-state index contributed by atoms with van der Waals surface area (Å²) in [5.41, 5.74) is 7.40. The molecule has 6 nitrogen and oxygen atoms in total. The number of hydrogen-bond acceptors (Lipinski definition) is 6. The van der Waals surface area contributed by atoms with Crippen LogP contribution in [0.2, 0.25) is 0 Å². The normalized spacial score (nSPS) is 15.7. The standard InChI is InChI=1S/C14H19N5OS/c1-2-3-10-8-21-13-11(10)12(15)16-14(17-13)19-6-4-18(9-20)5-7-19/h8-9H,2-7H2,1H3,(H2,15,16,17). The Hall–Kier alpha value is -1.89. The van der Waals surface area contributed by atoms with Crippen LogP contribution in [-0.4, -0.2) is 47.5 Å². The van der Waals surface area contributed by atoms with Gasteiger partial charge in [0.1, 0.15) is 10.6 Å². The largest absolute Gasteiger partial charge is 0.383 e. The first kappa shape index (κ1) is 14.1. The van der Waals surface area contributed by atoms with Gasteiger partial charge in [0.15, 0.2) is 0 Å². The summed E-state index contributed by atoms with van der Waals surface area (Å²) in [6.45, 7) is 5.06. The summed E-state index contributed by atoms with van der Waals surface area (Å²) in [5, 5.41) is 3.14. The predicted molar refractivity (Wildman–Crippen MR) is 85.7 cm³/mol. The van der Waals surface area contributed by atoms with Gasteiger partial charge in [-0.1, -0.05) is 13.3 Å². The van der Waals surface area contributed by atoms with Crippen molar-refractivity contribution in [3.8, 4) is 0 Å². The van der Waals surface area contributed by atoms with Gasteiger partial charge in [-0.15, -0.1) is 11.3 Å². The molecule has 1 aliphatic heterocycles. The van der Waals surface area contributed by atoms with E-state index in [2.05, 4.69) is 27.2 Å². The van der Waals surface area contributed by atoms with Crippen molar-refractivity contribution in [3.05, 3.63) is 10.9 Å². The molecule has 0 aliphatic carbocycles. The molecule has 1 fully saturated rings. The maximum atomic E-state index is 10.8. The van der Waals surface area contributed by atoms with Crippen molar-refractivity contribution < 1.29 is 4.79 Å². The summed E-state index contributed by atoms with van der Waals surface area (Å²) >= 11 is 1.63. The molecule has 1 aliphatic rings. The van der Waals surface area contributed by atoms with Crippen LogP contribution in [0.4, 0.5) is 11.8 Å². The zero-order valence-electron chi connectivity index (χ0n) is 12.1. The van der Waals surface area contributed by atoms with Crippen LogP contribution < -0.4 is 10.6 Å². The minimum Gasteiger partial charge on any atom is -0.383 e. The zero-order chi connectivity index (χ0) is 14.8. The van der Waals surface area contributed by atoms with Crippen LogP contribution >= 0.6 is 11.3 Å². The first-order valence-electron chi connectivity index (χ1n) is 7.20. The maximum absolute atomic E-state index is 10.8. The second-order valence-electron chi connectivity index (χ2n) is 5.23. The molecule has 3 heterocycles. The molecule has 0 radical (unpaired) electrons. The Morgan fingerprint density at radius 3 is 2.76 bits per heavy atom. The molecule has 0 aromatic carbocycles. The third-order valence-electron chi connectivity index (χ3n) is 3.79. The molecular formula is C14H19N5OS. The molecule has 3 rings (SSSR count). The van der Waals surface area contributed by atoms with Crippen LogP contribution in [0.25, 0.3) is 10.2 Å². The minimum atomic E-state index is 0.567. The molecule has 112 valence electrons. The average molecular weight is 305 g/mol. The van der Waals surface area contributed by atoms with Gasteiger partial charge in [-0.05, 0) is 17.4 Å². The molecule has 1 saturated heterocycles. The number of fused-ring (bicyclic) bond motifs is 1. The predicted octanol–water partition coefficient (Wildman–Crippen LogP) is 1.50. The molecular weight excluding hydrogens is 286 g/mol. The molecule has 1 amide bonds. The first-order valence-corrected chi connectivity index (χ1v) is 8.08. The maximum Gasteiger partial charge on any atom is 0.228 e. The van der Waals surface area contributed by atoms with Crippen LogP contribution in [0.15, 0.2) is 5.38 Å². The number of nitrogens with two attached hydrogens (primary N) is 1. The number of rotatable bonds is 4. The van der Waals surface area contributed by atoms with Crippen molar-refractivity contribution in [2.45, 2.75) is 19.8 Å². The lowest BCUT2D eigenvalue weighted by atomic mass is 10.1. The third kappa shape index (κ3) is 2.65. The van der Waals surface area contributed by atoms with Crippen LogP contribution in [0, 0.1) is 0 Å². The van der Waals surface area contributed by atoms with Gasteiger partial charge in [0.2, 0.25) is 12.4 Å². The van der Waals surface area contributed by atoms with E-state index in [1.807, 2.05) is 0 Å². The number of piperazine rings is 1. The Balaban J connectivity index is 1.89. The van der Waals surface area contributed by atoms with E-state index < -0.39 is 0 Å². The second kappa shape index (κ2) is 5.85. The minimum absolute atomic E-state index is 0.567. The van der Waals surface area contributed by atoms with Gasteiger partial charge in [-0.3, -0.25) is 4.79 Å². The molecule has 0 unspecified atom stereocenters. The number of aromatic nitrogens is 2. The zero-order valence-corrected chi connectivity index (χ0v) is 12.9. The second-order valence-corrected chi connectivity index (χ2v) is 6.09. The van der Waals surface area contributed by atoms with Crippen LogP contribution in [0.1, 0.15) is 18.9 Å². The summed E-state index contributed by atoms with van der Waals surface area (Å²) in [5.74, 6) is 1.24. The van der Waals surface area contributed by atoms with E-state index in [0.717, 1.165) is 42.6 Å². The quantitative estimate of drug-likeness (QED) is 0.867. The fourth-order valence-corrected chi connectivity index (χ4v) is 3.62. The van der Waals surface area contributed by atoms with Gasteiger partial charge in [0.05, 0.1) is 5.39 Å². The topological polar surface area (TPSA) is 75.4 Å². The summed E-state index contributed by atoms with van der Waals surface area (Å²) in [6, 6.07) is 0. The SMILES string of the molecule is CCCc1csc2nc(N3CCN(C=O)CC3)nc(N)c12. The number of carbonyl (C=O) groups excluding carboxylic acids is 1. The van der Waals surface area contributed by atoms with Gasteiger partial charge in [-0.2, -0.15) is 4.98 Å². The number of nitrogen functional groups attached to an aromatic ring is 1. The van der Waals surface area contributed by atoms with Crippen molar-refractivity contribution in [2.75, 3.05) is 36.8 Å². The third-order valence-corrected chi connectivity index (χ3v) is 4.71. The number of anilines is 2. The van der Waals surface area contributed by atoms with Crippen LogP contribution in [0.3, 0.4) is 0 Å². The molecule has 0 atom stereocenters. The van der Waals surface area contributed by atoms with Crippen molar-refractivity contribution in [3.63, 3.8) is 0 Å². The van der Waals surface area contributed by atoms with Gasteiger partial charge in [-0.25, -0.2) is 4.98 Å². The van der Waals surface area contributed by atoms with E-state index in [-0.39, 0.29) is 0 Å². The number of carbonyl (C=O) groups is 1. The lowest BCUT2D eigenvalue weighted by Gasteiger charge is -2.32. The van der Waals surface area contributed by atoms with E-state index in [1.54, 1.807) is 16.2 Å². The Morgan fingerprint density at radius 1 is 1.33 bits per heavy atom. The Kier molecular flexibility index (Phi) is 3.92. The number of hydrogen-bond donors (Lipinski definition) is 1. The fraction of sp³-hybridized carbons (Fsp3) is 0.500. The highest BCUT2D eigenvalue weighted by Crippen LogP contribution is 2.31. The van der Waals surface area contributed by atoms with Crippen LogP contribution in [-0.2, 0) is 11.2 Å². The first-order chi connectivity index (χ1) is 10.2. The van der Waals surface area contributed by atoms with Gasteiger partial charge >= 0.3 is 0 Å². The average Bonchev–Trinajstić information content (AvgIpc) is 2.91. The molecule has 2 aromatic rings. The van der Waals surface area contributed by atoms with E-state index in [4.69, 9.17) is 5.73 Å². The highest BCUT2D eigenvalue weighted by Gasteiger charge is 2.20. The van der Waals surface area contributed by atoms with Crippen molar-refractivity contribution in [2.24, 2.45) is 0 Å². The number of thiophene rings is 1. The molecule has 0 saturated carbocycles. The van der Waals surface area contributed by atoms with Crippen molar-refractivity contribution in [1.29, 1.82) is 0 Å². The van der Waals surface area contributed by atoms with Gasteiger partial charge < -0.3 is 15.5 Å². The monoisotopic (exact) mass is 305 g/mol. The van der Waals surface area contributed by atoms with Crippen molar-refractivity contribution in [1.82, 2.24) is 14.9 Å². The number of aryl methyl sites for hydroxylation is 1. The van der Waals surface area contributed by atoms with Crippen LogP contribution in [0.5, 0.6) is 0 Å². The molecule has 0 bridgehead atoms. The molecule has 2 N–H and O–H groups in total. The van der Waals surface area contributed by atoms with E-state index in [0.29, 0.717) is 24.9 Å². The summed E-state index contributed by atoms with van der Waals surface area (Å²) in [4.78, 5) is 24.7. The van der Waals surface area contributed by atoms with E-state index in [1.165, 1.54) is 5.56 Å². The highest BCUT2D eigenvalue weighted by atomic mass is 32.1. The summed E-state index contributed by atoms with van der Waals surface area (Å²) in [7, 11) is 0.